The first kappa shape index (κ1) is 13.5. The monoisotopic (exact) mass is 314 g/mol. The lowest BCUT2D eigenvalue weighted by Gasteiger charge is -2.40. The quantitative estimate of drug-likeness (QED) is 0.897. The van der Waals surface area contributed by atoms with E-state index >= 15 is 0 Å². The van der Waals surface area contributed by atoms with E-state index < -0.39 is 0 Å². The van der Waals surface area contributed by atoms with Crippen molar-refractivity contribution in [3.63, 3.8) is 0 Å². The molecule has 98 valence electrons. The molecule has 2 rings (SSSR count). The highest BCUT2D eigenvalue weighted by Gasteiger charge is 2.37. The Morgan fingerprint density at radius 2 is 2.22 bits per heavy atom. The number of nitrogens with two attached hydrogens (primary N) is 1. The van der Waals surface area contributed by atoms with Crippen LogP contribution in [-0.2, 0) is 4.79 Å². The molecule has 5 heteroatoms. The Kier molecular flexibility index (Phi) is 4.02. The third-order valence-corrected chi connectivity index (χ3v) is 4.24. The van der Waals surface area contributed by atoms with E-state index in [0.29, 0.717) is 23.1 Å². The molecule has 0 heterocycles. The number of carbonyl (C=O) groups excluding carboxylic acids is 1. The van der Waals surface area contributed by atoms with E-state index in [1.165, 1.54) is 12.1 Å². The number of hydrogen-bond donors (Lipinski definition) is 2. The van der Waals surface area contributed by atoms with Gasteiger partial charge in [0.2, 0.25) is 5.91 Å². The molecule has 0 atom stereocenters. The van der Waals surface area contributed by atoms with Gasteiger partial charge < -0.3 is 11.1 Å². The molecule has 1 saturated carbocycles. The minimum atomic E-state index is -0.336. The zero-order chi connectivity index (χ0) is 13.2. The third-order valence-electron chi connectivity index (χ3n) is 3.59. The molecule has 0 bridgehead atoms. The molecule has 1 aromatic carbocycles. The predicted molar refractivity (Wildman–Crippen MR) is 72.7 cm³/mol. The minimum Gasteiger partial charge on any atom is -0.330 e. The molecule has 1 amide bonds. The Hall–Kier alpha value is -0.940. The van der Waals surface area contributed by atoms with Crippen molar-refractivity contribution in [1.29, 1.82) is 0 Å². The topological polar surface area (TPSA) is 55.1 Å². The molecule has 3 nitrogen and oxygen atoms in total. The van der Waals surface area contributed by atoms with Crippen molar-refractivity contribution in [1.82, 2.24) is 0 Å². The number of nitrogens with one attached hydrogen (secondary N) is 1. The maximum atomic E-state index is 12.9. The fraction of sp³-hybridized carbons (Fsp3) is 0.462. The van der Waals surface area contributed by atoms with Gasteiger partial charge >= 0.3 is 0 Å². The van der Waals surface area contributed by atoms with Gasteiger partial charge in [0, 0.05) is 10.9 Å². The highest BCUT2D eigenvalue weighted by molar-refractivity contribution is 9.10. The molecule has 1 aromatic rings. The van der Waals surface area contributed by atoms with Gasteiger partial charge in [-0.25, -0.2) is 4.39 Å². The van der Waals surface area contributed by atoms with Gasteiger partial charge in [-0.1, -0.05) is 6.42 Å². The van der Waals surface area contributed by atoms with Crippen molar-refractivity contribution in [2.45, 2.75) is 25.7 Å². The molecule has 0 radical (unpaired) electrons. The second-order valence-corrected chi connectivity index (χ2v) is 5.76. The van der Waals surface area contributed by atoms with Crippen molar-refractivity contribution < 1.29 is 9.18 Å². The minimum absolute atomic E-state index is 0.0173. The molecule has 1 aliphatic carbocycles. The zero-order valence-corrected chi connectivity index (χ0v) is 11.6. The largest absolute Gasteiger partial charge is 0.330 e. The van der Waals surface area contributed by atoms with Crippen LogP contribution < -0.4 is 11.1 Å². The van der Waals surface area contributed by atoms with Gasteiger partial charge in [0.25, 0.3) is 0 Å². The Labute approximate surface area is 114 Å². The van der Waals surface area contributed by atoms with E-state index in [9.17, 15) is 9.18 Å². The Balaban J connectivity index is 1.98. The summed E-state index contributed by atoms with van der Waals surface area (Å²) in [4.78, 5) is 11.9. The first-order chi connectivity index (χ1) is 8.54. The summed E-state index contributed by atoms with van der Waals surface area (Å²) in [5.41, 5.74) is 6.29. The van der Waals surface area contributed by atoms with Crippen LogP contribution in [0.1, 0.15) is 25.7 Å². The Morgan fingerprint density at radius 3 is 2.72 bits per heavy atom. The fourth-order valence-corrected chi connectivity index (χ4v) is 2.71. The summed E-state index contributed by atoms with van der Waals surface area (Å²) in [5, 5.41) is 2.79. The van der Waals surface area contributed by atoms with Crippen LogP contribution in [0.25, 0.3) is 0 Å². The fourth-order valence-electron chi connectivity index (χ4n) is 2.26. The number of anilines is 1. The van der Waals surface area contributed by atoms with Gasteiger partial charge in [-0.3, -0.25) is 4.79 Å². The van der Waals surface area contributed by atoms with E-state index in [1.54, 1.807) is 6.07 Å². The molecule has 18 heavy (non-hydrogen) atoms. The van der Waals surface area contributed by atoms with Gasteiger partial charge in [-0.15, -0.1) is 0 Å². The number of halogens is 2. The number of amides is 1. The van der Waals surface area contributed by atoms with Crippen LogP contribution in [-0.4, -0.2) is 12.5 Å². The standard InChI is InChI=1S/C13H16BrFN2O/c14-10-6-9(15)2-3-11(10)17-12(18)7-13(8-16)4-1-5-13/h2-3,6H,1,4-5,7-8,16H2,(H,17,18). The van der Waals surface area contributed by atoms with Crippen LogP contribution >= 0.6 is 15.9 Å². The van der Waals surface area contributed by atoms with Crippen LogP contribution in [0.15, 0.2) is 22.7 Å². The summed E-state index contributed by atoms with van der Waals surface area (Å²) in [6.07, 6.45) is 3.61. The van der Waals surface area contributed by atoms with Crippen LogP contribution in [0, 0.1) is 11.2 Å². The molecule has 1 aliphatic rings. The zero-order valence-electron chi connectivity index (χ0n) is 10.0. The van der Waals surface area contributed by atoms with Gasteiger partial charge in [-0.05, 0) is 58.9 Å². The van der Waals surface area contributed by atoms with Gasteiger partial charge in [0.1, 0.15) is 5.82 Å². The molecule has 0 aliphatic heterocycles. The maximum Gasteiger partial charge on any atom is 0.225 e. The smallest absolute Gasteiger partial charge is 0.225 e. The van der Waals surface area contributed by atoms with E-state index in [2.05, 4.69) is 21.2 Å². The average molecular weight is 315 g/mol. The highest BCUT2D eigenvalue weighted by Crippen LogP contribution is 2.43. The highest BCUT2D eigenvalue weighted by atomic mass is 79.9. The SMILES string of the molecule is NCC1(CC(=O)Nc2ccc(F)cc2Br)CCC1. The molecule has 3 N–H and O–H groups in total. The summed E-state index contributed by atoms with van der Waals surface area (Å²) in [5.74, 6) is -0.398. The molecular formula is C13H16BrFN2O. The Bertz CT molecular complexity index is 455. The Morgan fingerprint density at radius 1 is 1.50 bits per heavy atom. The summed E-state index contributed by atoms with van der Waals surface area (Å²) < 4.78 is 13.5. The molecule has 0 spiro atoms. The first-order valence-electron chi connectivity index (χ1n) is 6.00. The number of rotatable bonds is 4. The van der Waals surface area contributed by atoms with E-state index in [1.807, 2.05) is 0 Å². The summed E-state index contributed by atoms with van der Waals surface area (Å²) in [6.45, 7) is 0.547. The van der Waals surface area contributed by atoms with Gasteiger partial charge in [-0.2, -0.15) is 0 Å². The van der Waals surface area contributed by atoms with Crippen LogP contribution in [0.2, 0.25) is 0 Å². The summed E-state index contributed by atoms with van der Waals surface area (Å²) in [7, 11) is 0. The molecule has 1 fully saturated rings. The van der Waals surface area contributed by atoms with Crippen molar-refractivity contribution in [2.75, 3.05) is 11.9 Å². The van der Waals surface area contributed by atoms with E-state index in [-0.39, 0.29) is 17.1 Å². The third kappa shape index (κ3) is 2.90. The van der Waals surface area contributed by atoms with Crippen LogP contribution in [0.4, 0.5) is 10.1 Å². The predicted octanol–water partition coefficient (Wildman–Crippen LogP) is 3.05. The van der Waals surface area contributed by atoms with Crippen molar-refractivity contribution in [3.05, 3.63) is 28.5 Å². The number of carbonyl (C=O) groups is 1. The van der Waals surface area contributed by atoms with E-state index in [4.69, 9.17) is 5.73 Å². The summed E-state index contributed by atoms with van der Waals surface area (Å²) in [6, 6.07) is 4.20. The summed E-state index contributed by atoms with van der Waals surface area (Å²) >= 11 is 3.22. The maximum absolute atomic E-state index is 12.9. The first-order valence-corrected chi connectivity index (χ1v) is 6.79. The lowest BCUT2D eigenvalue weighted by molar-refractivity contribution is -0.119. The van der Waals surface area contributed by atoms with Crippen molar-refractivity contribution in [2.24, 2.45) is 11.1 Å². The lowest BCUT2D eigenvalue weighted by atomic mass is 9.66. The lowest BCUT2D eigenvalue weighted by Crippen LogP contribution is -2.40. The average Bonchev–Trinajstić information content (AvgIpc) is 2.27. The molecule has 0 aromatic heterocycles. The van der Waals surface area contributed by atoms with Crippen molar-refractivity contribution >= 4 is 27.5 Å². The van der Waals surface area contributed by atoms with Gasteiger partial charge in [0.05, 0.1) is 5.69 Å². The van der Waals surface area contributed by atoms with Crippen molar-refractivity contribution in [3.8, 4) is 0 Å². The number of benzene rings is 1. The second-order valence-electron chi connectivity index (χ2n) is 4.91. The molecular weight excluding hydrogens is 299 g/mol. The molecule has 0 saturated heterocycles. The van der Waals surface area contributed by atoms with Crippen LogP contribution in [0.3, 0.4) is 0 Å². The molecule has 0 unspecified atom stereocenters. The number of hydrogen-bond acceptors (Lipinski definition) is 2. The van der Waals surface area contributed by atoms with E-state index in [0.717, 1.165) is 19.3 Å². The normalized spacial score (nSPS) is 17.1. The second kappa shape index (κ2) is 5.36. The van der Waals surface area contributed by atoms with Crippen LogP contribution in [0.5, 0.6) is 0 Å². The van der Waals surface area contributed by atoms with Gasteiger partial charge in [0.15, 0.2) is 0 Å².